The molecule has 2 N–H and O–H groups in total. The number of likely N-dealkylation sites (tertiary alicyclic amines) is 1. The summed E-state index contributed by atoms with van der Waals surface area (Å²) in [7, 11) is -0.445. The van der Waals surface area contributed by atoms with Gasteiger partial charge in [0.2, 0.25) is 0 Å². The molecule has 0 aromatic heterocycles. The molecule has 0 aliphatic carbocycles. The Balaban J connectivity index is 1.70. The van der Waals surface area contributed by atoms with Gasteiger partial charge in [-0.15, -0.1) is 0 Å². The van der Waals surface area contributed by atoms with Gasteiger partial charge in [0.25, 0.3) is 0 Å². The summed E-state index contributed by atoms with van der Waals surface area (Å²) in [5.74, 6) is 0.238. The topological polar surface area (TPSA) is 74.0 Å². The van der Waals surface area contributed by atoms with Crippen molar-refractivity contribution in [3.63, 3.8) is 0 Å². The fraction of sp³-hybridized carbons (Fsp3) is 0.650. The molecule has 27 heavy (non-hydrogen) atoms. The van der Waals surface area contributed by atoms with Crippen molar-refractivity contribution in [3.8, 4) is 0 Å². The van der Waals surface area contributed by atoms with Crippen LogP contribution in [0.1, 0.15) is 59.9 Å². The van der Waals surface area contributed by atoms with Crippen molar-refractivity contribution in [2.45, 2.75) is 71.2 Å². The molecule has 1 aromatic carbocycles. The van der Waals surface area contributed by atoms with Crippen molar-refractivity contribution in [3.05, 3.63) is 23.8 Å². The zero-order valence-corrected chi connectivity index (χ0v) is 17.5. The van der Waals surface area contributed by atoms with E-state index in [-0.39, 0.29) is 12.0 Å². The molecular weight excluding hydrogens is 343 g/mol. The summed E-state index contributed by atoms with van der Waals surface area (Å²) in [4.78, 5) is 13.9. The van der Waals surface area contributed by atoms with E-state index in [1.165, 1.54) is 0 Å². The molecule has 7 heteroatoms. The molecule has 2 heterocycles. The van der Waals surface area contributed by atoms with Gasteiger partial charge in [0, 0.05) is 24.7 Å². The minimum atomic E-state index is -0.483. The molecule has 2 fully saturated rings. The lowest BCUT2D eigenvalue weighted by molar-refractivity contribution is 0.00578. The average molecular weight is 374 g/mol. The first-order valence-electron chi connectivity index (χ1n) is 9.51. The third-order valence-electron chi connectivity index (χ3n) is 5.53. The number of nitrogen functional groups attached to an aromatic ring is 1. The van der Waals surface area contributed by atoms with E-state index in [4.69, 9.17) is 19.8 Å². The van der Waals surface area contributed by atoms with Crippen molar-refractivity contribution >= 4 is 24.4 Å². The summed E-state index contributed by atoms with van der Waals surface area (Å²) in [6.07, 6.45) is -0.270. The number of rotatable bonds is 2. The van der Waals surface area contributed by atoms with Gasteiger partial charge in [0.05, 0.1) is 11.2 Å². The van der Waals surface area contributed by atoms with Crippen LogP contribution in [0.2, 0.25) is 0 Å². The molecule has 3 rings (SSSR count). The van der Waals surface area contributed by atoms with Crippen LogP contribution in [0.4, 0.5) is 10.5 Å². The highest BCUT2D eigenvalue weighted by Crippen LogP contribution is 2.37. The van der Waals surface area contributed by atoms with E-state index in [0.29, 0.717) is 18.8 Å². The Kier molecular flexibility index (Phi) is 4.76. The lowest BCUT2D eigenvalue weighted by Crippen LogP contribution is -2.50. The molecule has 1 amide bonds. The Morgan fingerprint density at radius 3 is 2.22 bits per heavy atom. The lowest BCUT2D eigenvalue weighted by atomic mass is 9.76. The second kappa shape index (κ2) is 6.42. The summed E-state index contributed by atoms with van der Waals surface area (Å²) in [5.41, 5.74) is 7.55. The molecule has 2 saturated heterocycles. The van der Waals surface area contributed by atoms with Crippen molar-refractivity contribution in [2.24, 2.45) is 0 Å². The largest absolute Gasteiger partial charge is 0.494 e. The highest BCUT2D eigenvalue weighted by molar-refractivity contribution is 6.62. The Morgan fingerprint density at radius 2 is 1.70 bits per heavy atom. The van der Waals surface area contributed by atoms with Crippen molar-refractivity contribution in [1.29, 1.82) is 0 Å². The third-order valence-corrected chi connectivity index (χ3v) is 5.53. The van der Waals surface area contributed by atoms with Gasteiger partial charge in [0.15, 0.2) is 0 Å². The minimum Gasteiger partial charge on any atom is -0.444 e. The maximum absolute atomic E-state index is 12.1. The summed E-state index contributed by atoms with van der Waals surface area (Å²) in [5, 5.41) is 0. The van der Waals surface area contributed by atoms with Crippen molar-refractivity contribution < 1.29 is 18.8 Å². The van der Waals surface area contributed by atoms with Gasteiger partial charge in [0.1, 0.15) is 5.60 Å². The third kappa shape index (κ3) is 4.09. The molecule has 0 unspecified atom stereocenters. The summed E-state index contributed by atoms with van der Waals surface area (Å²) < 4.78 is 17.7. The number of nitrogens with zero attached hydrogens (tertiary/aromatic N) is 1. The maximum Gasteiger partial charge on any atom is 0.494 e. The van der Waals surface area contributed by atoms with Crippen LogP contribution < -0.4 is 11.2 Å². The van der Waals surface area contributed by atoms with E-state index < -0.39 is 23.9 Å². The zero-order chi connectivity index (χ0) is 20.2. The van der Waals surface area contributed by atoms with Crippen LogP contribution in [0.5, 0.6) is 0 Å². The minimum absolute atomic E-state index is 0.238. The summed E-state index contributed by atoms with van der Waals surface area (Å²) >= 11 is 0. The Labute approximate surface area is 162 Å². The zero-order valence-electron chi connectivity index (χ0n) is 17.5. The lowest BCUT2D eigenvalue weighted by Gasteiger charge is -2.40. The maximum atomic E-state index is 12.1. The van der Waals surface area contributed by atoms with Crippen LogP contribution in [0.15, 0.2) is 18.2 Å². The SMILES string of the molecule is CC(C)(C)OC(=O)N1CC(c2cc(N)cc(B3OC(C)(C)C(C)(C)O3)c2)C1. The van der Waals surface area contributed by atoms with Crippen LogP contribution in [-0.4, -0.2) is 48.0 Å². The molecule has 0 radical (unpaired) electrons. The van der Waals surface area contributed by atoms with Crippen molar-refractivity contribution in [2.75, 3.05) is 18.8 Å². The summed E-state index contributed by atoms with van der Waals surface area (Å²) in [6, 6.07) is 5.94. The first-order chi connectivity index (χ1) is 12.3. The Hall–Kier alpha value is -1.73. The molecule has 2 aliphatic rings. The molecule has 6 nitrogen and oxygen atoms in total. The van der Waals surface area contributed by atoms with Crippen LogP contribution >= 0.6 is 0 Å². The van der Waals surface area contributed by atoms with Gasteiger partial charge in [-0.1, -0.05) is 6.07 Å². The second-order valence-electron chi connectivity index (χ2n) is 9.60. The van der Waals surface area contributed by atoms with Crippen molar-refractivity contribution in [1.82, 2.24) is 4.90 Å². The van der Waals surface area contributed by atoms with Gasteiger partial charge < -0.3 is 24.7 Å². The van der Waals surface area contributed by atoms with E-state index in [2.05, 4.69) is 6.07 Å². The standard InChI is InChI=1S/C20H31BN2O4/c1-18(2,3)25-17(24)23-11-14(12-23)13-8-15(10-16(22)9-13)21-26-19(4,5)20(6,7)27-21/h8-10,14H,11-12,22H2,1-7H3. The first-order valence-corrected chi connectivity index (χ1v) is 9.51. The molecule has 148 valence electrons. The van der Waals surface area contributed by atoms with Crippen LogP contribution in [0, 0.1) is 0 Å². The van der Waals surface area contributed by atoms with E-state index in [0.717, 1.165) is 11.0 Å². The average Bonchev–Trinajstić information content (AvgIpc) is 2.63. The number of hydrogen-bond donors (Lipinski definition) is 1. The monoisotopic (exact) mass is 374 g/mol. The Bertz CT molecular complexity index is 720. The molecule has 0 spiro atoms. The van der Waals surface area contributed by atoms with E-state index in [1.54, 1.807) is 4.90 Å². The van der Waals surface area contributed by atoms with Crippen LogP contribution in [0.25, 0.3) is 0 Å². The fourth-order valence-electron chi connectivity index (χ4n) is 3.22. The number of benzene rings is 1. The number of ether oxygens (including phenoxy) is 1. The van der Waals surface area contributed by atoms with E-state index >= 15 is 0 Å². The normalized spacial score (nSPS) is 21.9. The predicted octanol–water partition coefficient (Wildman–Crippen LogP) is 2.90. The number of amides is 1. The molecular formula is C20H31BN2O4. The molecule has 1 aromatic rings. The molecule has 0 atom stereocenters. The van der Waals surface area contributed by atoms with Gasteiger partial charge in [-0.05, 0) is 71.6 Å². The van der Waals surface area contributed by atoms with Crippen LogP contribution in [-0.2, 0) is 14.0 Å². The molecule has 2 aliphatic heterocycles. The number of carbonyl (C=O) groups excluding carboxylic acids is 1. The van der Waals surface area contributed by atoms with Gasteiger partial charge in [-0.2, -0.15) is 0 Å². The molecule has 0 saturated carbocycles. The van der Waals surface area contributed by atoms with Gasteiger partial charge in [-0.3, -0.25) is 0 Å². The van der Waals surface area contributed by atoms with E-state index in [1.807, 2.05) is 60.6 Å². The van der Waals surface area contributed by atoms with Gasteiger partial charge >= 0.3 is 13.2 Å². The fourth-order valence-corrected chi connectivity index (χ4v) is 3.22. The highest BCUT2D eigenvalue weighted by atomic mass is 16.7. The van der Waals surface area contributed by atoms with E-state index in [9.17, 15) is 4.79 Å². The highest BCUT2D eigenvalue weighted by Gasteiger charge is 2.52. The summed E-state index contributed by atoms with van der Waals surface area (Å²) in [6.45, 7) is 15.0. The number of hydrogen-bond acceptors (Lipinski definition) is 5. The van der Waals surface area contributed by atoms with Crippen LogP contribution in [0.3, 0.4) is 0 Å². The second-order valence-corrected chi connectivity index (χ2v) is 9.60. The molecule has 0 bridgehead atoms. The first kappa shape index (κ1) is 20.0. The number of carbonyl (C=O) groups is 1. The number of anilines is 1. The number of nitrogens with two attached hydrogens (primary N) is 1. The smallest absolute Gasteiger partial charge is 0.444 e. The quantitative estimate of drug-likeness (QED) is 0.637. The predicted molar refractivity (Wildman–Crippen MR) is 107 cm³/mol. The Morgan fingerprint density at radius 1 is 1.15 bits per heavy atom. The van der Waals surface area contributed by atoms with Gasteiger partial charge in [-0.25, -0.2) is 4.79 Å².